The third-order valence-corrected chi connectivity index (χ3v) is 6.89. The topological polar surface area (TPSA) is 86.7 Å². The number of nitrogens with zero attached hydrogens (tertiary/aromatic N) is 5. The van der Waals surface area contributed by atoms with Crippen LogP contribution in [0.3, 0.4) is 0 Å². The summed E-state index contributed by atoms with van der Waals surface area (Å²) >= 11 is 0. The van der Waals surface area contributed by atoms with E-state index >= 15 is 0 Å². The first kappa shape index (κ1) is 24.1. The highest BCUT2D eigenvalue weighted by Gasteiger charge is 2.24. The standard InChI is InChI=1S/C26H36N6O2/c1-3-5-6-7-8-10-14-32-23(27)20(25(33)30-17-15-29(4-2)16-18-30)19-21-24(32)28-22-12-9-11-13-31(22)26(21)34/h9,11-13,19,27H,3-8,10,14-18H2,1-2H3. The molecule has 1 amide bonds. The summed E-state index contributed by atoms with van der Waals surface area (Å²) in [6.07, 6.45) is 8.44. The maximum absolute atomic E-state index is 13.5. The van der Waals surface area contributed by atoms with E-state index < -0.39 is 0 Å². The molecule has 4 rings (SSSR count). The Labute approximate surface area is 200 Å². The van der Waals surface area contributed by atoms with Crippen molar-refractivity contribution in [2.75, 3.05) is 32.7 Å². The molecule has 1 saturated heterocycles. The second-order valence-electron chi connectivity index (χ2n) is 9.14. The van der Waals surface area contributed by atoms with Gasteiger partial charge in [0, 0.05) is 38.9 Å². The van der Waals surface area contributed by atoms with Gasteiger partial charge >= 0.3 is 0 Å². The molecule has 34 heavy (non-hydrogen) atoms. The Morgan fingerprint density at radius 1 is 1.03 bits per heavy atom. The zero-order valence-corrected chi connectivity index (χ0v) is 20.4. The zero-order valence-electron chi connectivity index (χ0n) is 20.4. The van der Waals surface area contributed by atoms with Crippen LogP contribution < -0.4 is 11.0 Å². The number of aromatic nitrogens is 3. The number of likely N-dealkylation sites (N-methyl/N-ethyl adjacent to an activating group) is 1. The van der Waals surface area contributed by atoms with Gasteiger partial charge in [-0.3, -0.25) is 19.4 Å². The van der Waals surface area contributed by atoms with Crippen molar-refractivity contribution in [1.82, 2.24) is 23.8 Å². The molecule has 1 fully saturated rings. The lowest BCUT2D eigenvalue weighted by atomic mass is 10.1. The molecule has 0 unspecified atom stereocenters. The molecule has 0 saturated carbocycles. The Balaban J connectivity index is 1.74. The zero-order chi connectivity index (χ0) is 24.1. The predicted octanol–water partition coefficient (Wildman–Crippen LogP) is 3.27. The van der Waals surface area contributed by atoms with E-state index in [2.05, 4.69) is 18.7 Å². The van der Waals surface area contributed by atoms with Crippen LogP contribution in [0.25, 0.3) is 16.7 Å². The van der Waals surface area contributed by atoms with Gasteiger partial charge in [0.05, 0.1) is 10.9 Å². The van der Waals surface area contributed by atoms with Gasteiger partial charge in [-0.05, 0) is 31.2 Å². The van der Waals surface area contributed by atoms with Crippen molar-refractivity contribution in [3.05, 3.63) is 51.9 Å². The number of pyridine rings is 2. The minimum absolute atomic E-state index is 0.149. The first-order valence-electron chi connectivity index (χ1n) is 12.7. The number of carbonyl (C=O) groups is 1. The van der Waals surface area contributed by atoms with Gasteiger partial charge in [-0.15, -0.1) is 0 Å². The van der Waals surface area contributed by atoms with Gasteiger partial charge in [-0.2, -0.15) is 0 Å². The van der Waals surface area contributed by atoms with Crippen molar-refractivity contribution in [1.29, 1.82) is 5.41 Å². The van der Waals surface area contributed by atoms with Crippen LogP contribution in [0.1, 0.15) is 62.7 Å². The van der Waals surface area contributed by atoms with Crippen LogP contribution in [0, 0.1) is 5.41 Å². The normalized spacial score (nSPS) is 14.8. The molecule has 1 N–H and O–H groups in total. The van der Waals surface area contributed by atoms with E-state index in [1.807, 2.05) is 11.0 Å². The van der Waals surface area contributed by atoms with E-state index in [-0.39, 0.29) is 17.0 Å². The van der Waals surface area contributed by atoms with Crippen LogP contribution in [-0.4, -0.2) is 62.4 Å². The lowest BCUT2D eigenvalue weighted by molar-refractivity contribution is 0.0640. The van der Waals surface area contributed by atoms with Gasteiger partial charge in [0.1, 0.15) is 16.8 Å². The molecular weight excluding hydrogens is 428 g/mol. The lowest BCUT2D eigenvalue weighted by Gasteiger charge is -2.34. The summed E-state index contributed by atoms with van der Waals surface area (Å²) in [6.45, 7) is 8.79. The lowest BCUT2D eigenvalue weighted by Crippen LogP contribution is -2.49. The Bertz CT molecular complexity index is 1270. The van der Waals surface area contributed by atoms with Crippen LogP contribution in [-0.2, 0) is 6.54 Å². The minimum Gasteiger partial charge on any atom is -0.336 e. The van der Waals surface area contributed by atoms with Gasteiger partial charge in [-0.1, -0.05) is 52.0 Å². The second kappa shape index (κ2) is 11.0. The molecule has 0 aromatic carbocycles. The highest BCUT2D eigenvalue weighted by atomic mass is 16.2. The summed E-state index contributed by atoms with van der Waals surface area (Å²) in [5, 5.41) is 9.32. The molecule has 0 aliphatic carbocycles. The fraction of sp³-hybridized carbons (Fsp3) is 0.538. The fourth-order valence-electron chi connectivity index (χ4n) is 4.76. The number of nitrogens with one attached hydrogen (secondary N) is 1. The molecule has 8 nitrogen and oxygen atoms in total. The number of unbranched alkanes of at least 4 members (excludes halogenated alkanes) is 5. The van der Waals surface area contributed by atoms with E-state index in [0.717, 1.165) is 38.9 Å². The van der Waals surface area contributed by atoms with Crippen LogP contribution in [0.15, 0.2) is 35.3 Å². The number of hydrogen-bond donors (Lipinski definition) is 1. The van der Waals surface area contributed by atoms with E-state index in [0.29, 0.717) is 41.9 Å². The molecule has 0 radical (unpaired) electrons. The minimum atomic E-state index is -0.206. The van der Waals surface area contributed by atoms with Crippen molar-refractivity contribution in [3.63, 3.8) is 0 Å². The first-order chi connectivity index (χ1) is 16.5. The van der Waals surface area contributed by atoms with Gasteiger partial charge in [-0.25, -0.2) is 4.98 Å². The molecule has 0 spiro atoms. The Kier molecular flexibility index (Phi) is 7.77. The van der Waals surface area contributed by atoms with Crippen molar-refractivity contribution < 1.29 is 4.79 Å². The number of rotatable bonds is 9. The first-order valence-corrected chi connectivity index (χ1v) is 12.7. The Morgan fingerprint density at radius 3 is 2.50 bits per heavy atom. The summed E-state index contributed by atoms with van der Waals surface area (Å²) < 4.78 is 3.29. The third kappa shape index (κ3) is 4.92. The van der Waals surface area contributed by atoms with E-state index in [4.69, 9.17) is 10.4 Å². The molecule has 1 aliphatic heterocycles. The summed E-state index contributed by atoms with van der Waals surface area (Å²) in [7, 11) is 0. The van der Waals surface area contributed by atoms with Crippen molar-refractivity contribution in [2.45, 2.75) is 58.9 Å². The average molecular weight is 465 g/mol. The highest BCUT2D eigenvalue weighted by molar-refractivity contribution is 5.97. The smallest absolute Gasteiger partial charge is 0.267 e. The third-order valence-electron chi connectivity index (χ3n) is 6.89. The average Bonchev–Trinajstić information content (AvgIpc) is 2.87. The number of fused-ring (bicyclic) bond motifs is 2. The van der Waals surface area contributed by atoms with Crippen LogP contribution in [0.5, 0.6) is 0 Å². The van der Waals surface area contributed by atoms with E-state index in [1.54, 1.807) is 29.0 Å². The van der Waals surface area contributed by atoms with Crippen LogP contribution in [0.2, 0.25) is 0 Å². The van der Waals surface area contributed by atoms with E-state index in [9.17, 15) is 9.59 Å². The molecule has 8 heteroatoms. The van der Waals surface area contributed by atoms with Crippen molar-refractivity contribution >= 4 is 22.6 Å². The number of piperazine rings is 1. The van der Waals surface area contributed by atoms with Gasteiger partial charge < -0.3 is 14.4 Å². The molecular formula is C26H36N6O2. The molecule has 4 heterocycles. The maximum Gasteiger partial charge on any atom is 0.267 e. The van der Waals surface area contributed by atoms with Crippen molar-refractivity contribution in [3.8, 4) is 0 Å². The van der Waals surface area contributed by atoms with Gasteiger partial charge in [0.25, 0.3) is 11.5 Å². The summed E-state index contributed by atoms with van der Waals surface area (Å²) in [5.74, 6) is -0.170. The number of aryl methyl sites for hydroxylation is 1. The van der Waals surface area contributed by atoms with Gasteiger partial charge in [0.15, 0.2) is 0 Å². The molecule has 3 aromatic rings. The summed E-state index contributed by atoms with van der Waals surface area (Å²) in [4.78, 5) is 35.7. The monoisotopic (exact) mass is 464 g/mol. The molecule has 0 atom stereocenters. The Morgan fingerprint density at radius 2 is 1.76 bits per heavy atom. The highest BCUT2D eigenvalue weighted by Crippen LogP contribution is 2.14. The predicted molar refractivity (Wildman–Crippen MR) is 134 cm³/mol. The van der Waals surface area contributed by atoms with Crippen LogP contribution in [0.4, 0.5) is 0 Å². The largest absolute Gasteiger partial charge is 0.336 e. The number of amides is 1. The van der Waals surface area contributed by atoms with E-state index in [1.165, 1.54) is 23.7 Å². The SMILES string of the molecule is CCCCCCCCn1c(=N)c(C(=O)N2CCN(CC)CC2)cc2c(=O)n3ccccc3nc21. The Hall–Kier alpha value is -3.00. The summed E-state index contributed by atoms with van der Waals surface area (Å²) in [5.41, 5.74) is 1.27. The molecule has 3 aromatic heterocycles. The molecule has 0 bridgehead atoms. The fourth-order valence-corrected chi connectivity index (χ4v) is 4.76. The number of carbonyl (C=O) groups excluding carboxylic acids is 1. The quantitative estimate of drug-likeness (QED) is 0.389. The second-order valence-corrected chi connectivity index (χ2v) is 9.14. The molecule has 182 valence electrons. The van der Waals surface area contributed by atoms with Crippen molar-refractivity contribution in [2.24, 2.45) is 0 Å². The van der Waals surface area contributed by atoms with Gasteiger partial charge in [0.2, 0.25) is 0 Å². The summed E-state index contributed by atoms with van der Waals surface area (Å²) in [6, 6.07) is 7.04. The van der Waals surface area contributed by atoms with Crippen LogP contribution >= 0.6 is 0 Å². The number of hydrogen-bond acceptors (Lipinski definition) is 5. The molecule has 1 aliphatic rings. The maximum atomic E-state index is 13.5.